The van der Waals surface area contributed by atoms with Crippen molar-refractivity contribution < 1.29 is 0 Å². The number of thiophene rings is 1. The molecule has 0 bridgehead atoms. The summed E-state index contributed by atoms with van der Waals surface area (Å²) in [5.74, 6) is 0. The average molecular weight is 289 g/mol. The van der Waals surface area contributed by atoms with Crippen LogP contribution in [0, 0.1) is 11.3 Å². The predicted octanol–water partition coefficient (Wildman–Crippen LogP) is 4.57. The van der Waals surface area contributed by atoms with Crippen LogP contribution in [0.1, 0.15) is 23.3 Å². The summed E-state index contributed by atoms with van der Waals surface area (Å²) in [6.07, 6.45) is 2.91. The minimum Gasteiger partial charge on any atom is -0.362 e. The zero-order valence-electron chi connectivity index (χ0n) is 10.3. The first-order chi connectivity index (χ1) is 9.25. The fourth-order valence-electron chi connectivity index (χ4n) is 2.63. The van der Waals surface area contributed by atoms with Crippen molar-refractivity contribution in [1.29, 1.82) is 5.26 Å². The topological polar surface area (TPSA) is 35.8 Å². The third-order valence-corrected chi connectivity index (χ3v) is 4.88. The van der Waals surface area contributed by atoms with Crippen LogP contribution in [-0.4, -0.2) is 0 Å². The second-order valence-electron chi connectivity index (χ2n) is 4.73. The zero-order chi connectivity index (χ0) is 13.3. The van der Waals surface area contributed by atoms with E-state index in [1.54, 1.807) is 11.3 Å². The lowest BCUT2D eigenvalue weighted by Crippen LogP contribution is -2.36. The quantitative estimate of drug-likeness (QED) is 0.879. The SMILES string of the molecule is N#CC1(Nc2ccccc2Cl)CCCc2sccc21. The van der Waals surface area contributed by atoms with Crippen molar-refractivity contribution in [3.63, 3.8) is 0 Å². The van der Waals surface area contributed by atoms with Gasteiger partial charge in [-0.2, -0.15) is 5.26 Å². The van der Waals surface area contributed by atoms with E-state index in [-0.39, 0.29) is 0 Å². The lowest BCUT2D eigenvalue weighted by atomic mass is 9.81. The van der Waals surface area contributed by atoms with E-state index >= 15 is 0 Å². The molecular formula is C15H13ClN2S. The van der Waals surface area contributed by atoms with Crippen LogP contribution in [0.25, 0.3) is 0 Å². The number of anilines is 1. The van der Waals surface area contributed by atoms with Gasteiger partial charge in [0, 0.05) is 10.4 Å². The Kier molecular flexibility index (Phi) is 3.22. The van der Waals surface area contributed by atoms with E-state index in [0.29, 0.717) is 5.02 Å². The highest BCUT2D eigenvalue weighted by Gasteiger charge is 2.37. The maximum atomic E-state index is 9.71. The summed E-state index contributed by atoms with van der Waals surface area (Å²) in [5, 5.41) is 15.8. The monoisotopic (exact) mass is 288 g/mol. The Morgan fingerprint density at radius 1 is 1.32 bits per heavy atom. The molecule has 0 spiro atoms. The lowest BCUT2D eigenvalue weighted by molar-refractivity contribution is 0.511. The zero-order valence-corrected chi connectivity index (χ0v) is 11.9. The van der Waals surface area contributed by atoms with Crippen LogP contribution in [0.2, 0.25) is 5.02 Å². The van der Waals surface area contributed by atoms with Gasteiger partial charge in [0.15, 0.2) is 5.54 Å². The van der Waals surface area contributed by atoms with Crippen molar-refractivity contribution >= 4 is 28.6 Å². The highest BCUT2D eigenvalue weighted by molar-refractivity contribution is 7.10. The smallest absolute Gasteiger partial charge is 0.152 e. The molecule has 0 amide bonds. The molecule has 96 valence electrons. The maximum absolute atomic E-state index is 9.71. The Bertz CT molecular complexity index is 644. The van der Waals surface area contributed by atoms with Crippen molar-refractivity contribution in [3.8, 4) is 6.07 Å². The molecule has 19 heavy (non-hydrogen) atoms. The maximum Gasteiger partial charge on any atom is 0.152 e. The number of halogens is 1. The minimum absolute atomic E-state index is 0.640. The number of para-hydroxylation sites is 1. The van der Waals surface area contributed by atoms with Crippen molar-refractivity contribution in [1.82, 2.24) is 0 Å². The first-order valence-corrected chi connectivity index (χ1v) is 7.52. The molecule has 0 radical (unpaired) electrons. The Morgan fingerprint density at radius 2 is 2.16 bits per heavy atom. The number of aryl methyl sites for hydroxylation is 1. The molecule has 1 aromatic carbocycles. The van der Waals surface area contributed by atoms with Gasteiger partial charge in [-0.25, -0.2) is 0 Å². The molecule has 2 aromatic rings. The normalized spacial score (nSPS) is 21.5. The van der Waals surface area contributed by atoms with Crippen molar-refractivity contribution in [3.05, 3.63) is 51.2 Å². The Balaban J connectivity index is 2.03. The van der Waals surface area contributed by atoms with E-state index in [1.807, 2.05) is 24.3 Å². The van der Waals surface area contributed by atoms with Crippen LogP contribution in [0.4, 0.5) is 5.69 Å². The van der Waals surface area contributed by atoms with Gasteiger partial charge in [0.25, 0.3) is 0 Å². The van der Waals surface area contributed by atoms with Gasteiger partial charge >= 0.3 is 0 Å². The molecule has 0 saturated carbocycles. The van der Waals surface area contributed by atoms with Crippen LogP contribution >= 0.6 is 22.9 Å². The first kappa shape index (κ1) is 12.5. The minimum atomic E-state index is -0.640. The van der Waals surface area contributed by atoms with Gasteiger partial charge < -0.3 is 5.32 Å². The summed E-state index contributed by atoms with van der Waals surface area (Å²) in [6.45, 7) is 0. The van der Waals surface area contributed by atoms with Gasteiger partial charge in [-0.3, -0.25) is 0 Å². The molecule has 0 saturated heterocycles. The molecule has 1 aromatic heterocycles. The van der Waals surface area contributed by atoms with E-state index in [1.165, 1.54) is 4.88 Å². The number of rotatable bonds is 2. The highest BCUT2D eigenvalue weighted by Crippen LogP contribution is 2.41. The number of nitrogens with one attached hydrogen (secondary N) is 1. The van der Waals surface area contributed by atoms with E-state index in [0.717, 1.165) is 30.5 Å². The molecule has 0 aliphatic heterocycles. The van der Waals surface area contributed by atoms with E-state index < -0.39 is 5.54 Å². The molecule has 1 atom stereocenters. The third kappa shape index (κ3) is 2.11. The highest BCUT2D eigenvalue weighted by atomic mass is 35.5. The fraction of sp³-hybridized carbons (Fsp3) is 0.267. The number of fused-ring (bicyclic) bond motifs is 1. The van der Waals surface area contributed by atoms with Crippen LogP contribution in [-0.2, 0) is 12.0 Å². The molecule has 1 heterocycles. The van der Waals surface area contributed by atoms with E-state index in [2.05, 4.69) is 22.8 Å². The van der Waals surface area contributed by atoms with Gasteiger partial charge in [-0.15, -0.1) is 11.3 Å². The summed E-state index contributed by atoms with van der Waals surface area (Å²) in [6, 6.07) is 12.1. The first-order valence-electron chi connectivity index (χ1n) is 6.26. The van der Waals surface area contributed by atoms with Crippen molar-refractivity contribution in [2.75, 3.05) is 5.32 Å². The lowest BCUT2D eigenvalue weighted by Gasteiger charge is -2.33. The van der Waals surface area contributed by atoms with Crippen LogP contribution < -0.4 is 5.32 Å². The number of benzene rings is 1. The molecule has 1 N–H and O–H groups in total. The van der Waals surface area contributed by atoms with E-state index in [4.69, 9.17) is 11.6 Å². The van der Waals surface area contributed by atoms with Crippen LogP contribution in [0.15, 0.2) is 35.7 Å². The van der Waals surface area contributed by atoms with Crippen molar-refractivity contribution in [2.45, 2.75) is 24.8 Å². The molecule has 1 aliphatic rings. The molecular weight excluding hydrogens is 276 g/mol. The van der Waals surface area contributed by atoms with Gasteiger partial charge in [0.1, 0.15) is 0 Å². The molecule has 3 rings (SSSR count). The number of hydrogen-bond acceptors (Lipinski definition) is 3. The van der Waals surface area contributed by atoms with Crippen molar-refractivity contribution in [2.24, 2.45) is 0 Å². The second-order valence-corrected chi connectivity index (χ2v) is 6.14. The second kappa shape index (κ2) is 4.88. The number of hydrogen-bond donors (Lipinski definition) is 1. The summed E-state index contributed by atoms with van der Waals surface area (Å²) < 4.78 is 0. The van der Waals surface area contributed by atoms with E-state index in [9.17, 15) is 5.26 Å². The van der Waals surface area contributed by atoms with Crippen LogP contribution in [0.5, 0.6) is 0 Å². The fourth-order valence-corrected chi connectivity index (χ4v) is 3.81. The summed E-state index contributed by atoms with van der Waals surface area (Å²) >= 11 is 7.93. The number of nitriles is 1. The summed E-state index contributed by atoms with van der Waals surface area (Å²) in [5.41, 5.74) is 1.30. The Hall–Kier alpha value is -1.50. The standard InChI is InChI=1S/C15H13ClN2S/c16-12-4-1-2-5-13(12)18-15(10-17)8-3-6-14-11(15)7-9-19-14/h1-2,4-5,7,9,18H,3,6,8H2. The van der Waals surface area contributed by atoms with Gasteiger partial charge in [0.2, 0.25) is 0 Å². The molecule has 2 nitrogen and oxygen atoms in total. The summed E-state index contributed by atoms with van der Waals surface area (Å²) in [4.78, 5) is 1.31. The largest absolute Gasteiger partial charge is 0.362 e. The Morgan fingerprint density at radius 3 is 2.95 bits per heavy atom. The van der Waals surface area contributed by atoms with Gasteiger partial charge in [-0.05, 0) is 42.8 Å². The molecule has 1 aliphatic carbocycles. The molecule has 4 heteroatoms. The van der Waals surface area contributed by atoms with Gasteiger partial charge in [0.05, 0.1) is 16.8 Å². The summed E-state index contributed by atoms with van der Waals surface area (Å²) in [7, 11) is 0. The van der Waals surface area contributed by atoms with Gasteiger partial charge in [-0.1, -0.05) is 23.7 Å². The van der Waals surface area contributed by atoms with Crippen LogP contribution in [0.3, 0.4) is 0 Å². The molecule has 1 unspecified atom stereocenters. The average Bonchev–Trinajstić information content (AvgIpc) is 2.91. The number of nitrogens with zero attached hydrogens (tertiary/aromatic N) is 1. The third-order valence-electron chi connectivity index (χ3n) is 3.57. The molecule has 0 fully saturated rings. The predicted molar refractivity (Wildman–Crippen MR) is 79.6 cm³/mol. The Labute approximate surface area is 121 Å².